The first-order valence-electron chi connectivity index (χ1n) is 5.91. The van der Waals surface area contributed by atoms with E-state index in [-0.39, 0.29) is 18.6 Å². The predicted octanol–water partition coefficient (Wildman–Crippen LogP) is 1.00. The van der Waals surface area contributed by atoms with E-state index in [9.17, 15) is 4.79 Å². The largest absolute Gasteiger partial charge is 0.376 e. The Morgan fingerprint density at radius 2 is 2.44 bits per heavy atom. The van der Waals surface area contributed by atoms with Crippen molar-refractivity contribution in [3.63, 3.8) is 0 Å². The number of aromatic nitrogens is 2. The zero-order chi connectivity index (χ0) is 13.0. The molecule has 7 heteroatoms. The van der Waals surface area contributed by atoms with Crippen LogP contribution in [0.5, 0.6) is 0 Å². The molecular formula is C11H17N3O3S. The molecule has 6 nitrogen and oxygen atoms in total. The number of carbonyl (C=O) groups excluding carboxylic acids is 1. The van der Waals surface area contributed by atoms with Crippen LogP contribution in [0.2, 0.25) is 0 Å². The van der Waals surface area contributed by atoms with Gasteiger partial charge in [0.05, 0.1) is 12.6 Å². The van der Waals surface area contributed by atoms with Crippen molar-refractivity contribution in [2.75, 3.05) is 31.8 Å². The van der Waals surface area contributed by atoms with Gasteiger partial charge in [0, 0.05) is 13.7 Å². The average Bonchev–Trinajstić information content (AvgIpc) is 2.97. The Bertz CT molecular complexity index is 404. The van der Waals surface area contributed by atoms with Gasteiger partial charge in [-0.1, -0.05) is 11.3 Å². The molecule has 1 aliphatic heterocycles. The molecule has 1 atom stereocenters. The SMILES string of the molecule is COCC(=O)N(C[C@@H]1CCCO1)c1nnc(C)s1. The van der Waals surface area contributed by atoms with E-state index in [1.165, 1.54) is 18.4 Å². The van der Waals surface area contributed by atoms with E-state index in [4.69, 9.17) is 9.47 Å². The molecule has 2 rings (SSSR count). The van der Waals surface area contributed by atoms with Crippen LogP contribution in [-0.2, 0) is 14.3 Å². The van der Waals surface area contributed by atoms with Crippen LogP contribution in [0.1, 0.15) is 17.8 Å². The number of rotatable bonds is 5. The Morgan fingerprint density at radius 1 is 1.61 bits per heavy atom. The van der Waals surface area contributed by atoms with Crippen LogP contribution < -0.4 is 4.90 Å². The van der Waals surface area contributed by atoms with Gasteiger partial charge in [-0.2, -0.15) is 0 Å². The van der Waals surface area contributed by atoms with Gasteiger partial charge in [0.15, 0.2) is 0 Å². The van der Waals surface area contributed by atoms with Gasteiger partial charge >= 0.3 is 0 Å². The molecular weight excluding hydrogens is 254 g/mol. The predicted molar refractivity (Wildman–Crippen MR) is 67.8 cm³/mol. The van der Waals surface area contributed by atoms with Crippen LogP contribution in [0.4, 0.5) is 5.13 Å². The van der Waals surface area contributed by atoms with Crippen molar-refractivity contribution in [2.24, 2.45) is 0 Å². The molecule has 1 amide bonds. The van der Waals surface area contributed by atoms with Gasteiger partial charge in [-0.05, 0) is 19.8 Å². The summed E-state index contributed by atoms with van der Waals surface area (Å²) in [7, 11) is 1.51. The van der Waals surface area contributed by atoms with Crippen LogP contribution in [0.25, 0.3) is 0 Å². The molecule has 100 valence electrons. The highest BCUT2D eigenvalue weighted by Crippen LogP contribution is 2.22. The first-order valence-corrected chi connectivity index (χ1v) is 6.73. The Hall–Kier alpha value is -1.05. The average molecular weight is 271 g/mol. The highest BCUT2D eigenvalue weighted by Gasteiger charge is 2.25. The summed E-state index contributed by atoms with van der Waals surface area (Å²) in [5, 5.41) is 9.43. The number of carbonyl (C=O) groups is 1. The summed E-state index contributed by atoms with van der Waals surface area (Å²) in [6.07, 6.45) is 2.12. The van der Waals surface area contributed by atoms with Gasteiger partial charge in [-0.15, -0.1) is 10.2 Å². The molecule has 0 unspecified atom stereocenters. The minimum atomic E-state index is -0.107. The molecule has 0 saturated carbocycles. The summed E-state index contributed by atoms with van der Waals surface area (Å²) in [5.41, 5.74) is 0. The van der Waals surface area contributed by atoms with E-state index >= 15 is 0 Å². The fourth-order valence-electron chi connectivity index (χ4n) is 1.88. The summed E-state index contributed by atoms with van der Waals surface area (Å²) in [5.74, 6) is -0.107. The second-order valence-electron chi connectivity index (χ2n) is 4.18. The molecule has 0 spiro atoms. The molecule has 0 radical (unpaired) electrons. The Kier molecular flexibility index (Phi) is 4.62. The van der Waals surface area contributed by atoms with E-state index in [1.54, 1.807) is 4.90 Å². The Balaban J connectivity index is 2.08. The number of hydrogen-bond acceptors (Lipinski definition) is 6. The third-order valence-corrected chi connectivity index (χ3v) is 3.59. The van der Waals surface area contributed by atoms with Crippen molar-refractivity contribution in [3.8, 4) is 0 Å². The third-order valence-electron chi connectivity index (χ3n) is 2.73. The standard InChI is InChI=1S/C11H17N3O3S/c1-8-12-13-11(18-8)14(10(15)7-16-2)6-9-4-3-5-17-9/h9H,3-7H2,1-2H3/t9-/m0/s1. The Labute approximate surface area is 110 Å². The van der Waals surface area contributed by atoms with E-state index in [0.717, 1.165) is 24.5 Å². The van der Waals surface area contributed by atoms with Gasteiger partial charge < -0.3 is 9.47 Å². The van der Waals surface area contributed by atoms with Crippen molar-refractivity contribution in [3.05, 3.63) is 5.01 Å². The van der Waals surface area contributed by atoms with Crippen molar-refractivity contribution < 1.29 is 14.3 Å². The van der Waals surface area contributed by atoms with Crippen LogP contribution in [0.15, 0.2) is 0 Å². The lowest BCUT2D eigenvalue weighted by molar-refractivity contribution is -0.122. The lowest BCUT2D eigenvalue weighted by Gasteiger charge is -2.22. The van der Waals surface area contributed by atoms with Crippen LogP contribution in [-0.4, -0.2) is 49.1 Å². The van der Waals surface area contributed by atoms with Crippen LogP contribution in [0.3, 0.4) is 0 Å². The Morgan fingerprint density at radius 3 is 3.00 bits per heavy atom. The van der Waals surface area contributed by atoms with Crippen LogP contribution in [0, 0.1) is 6.92 Å². The van der Waals surface area contributed by atoms with E-state index in [2.05, 4.69) is 10.2 Å². The van der Waals surface area contributed by atoms with E-state index in [0.29, 0.717) is 11.7 Å². The highest BCUT2D eigenvalue weighted by atomic mass is 32.1. The van der Waals surface area contributed by atoms with Gasteiger partial charge in [0.1, 0.15) is 11.6 Å². The van der Waals surface area contributed by atoms with Gasteiger partial charge in [0.25, 0.3) is 5.91 Å². The normalized spacial score (nSPS) is 19.1. The van der Waals surface area contributed by atoms with Gasteiger partial charge in [0.2, 0.25) is 5.13 Å². The summed E-state index contributed by atoms with van der Waals surface area (Å²) < 4.78 is 10.5. The first kappa shape index (κ1) is 13.4. The lowest BCUT2D eigenvalue weighted by Crippen LogP contribution is -2.39. The zero-order valence-electron chi connectivity index (χ0n) is 10.6. The summed E-state index contributed by atoms with van der Waals surface area (Å²) in [4.78, 5) is 13.6. The van der Waals surface area contributed by atoms with Crippen molar-refractivity contribution in [1.29, 1.82) is 0 Å². The molecule has 0 aromatic carbocycles. The first-order chi connectivity index (χ1) is 8.70. The smallest absolute Gasteiger partial charge is 0.254 e. The molecule has 0 N–H and O–H groups in total. The number of anilines is 1. The number of nitrogens with zero attached hydrogens (tertiary/aromatic N) is 3. The number of methoxy groups -OCH3 is 1. The second-order valence-corrected chi connectivity index (χ2v) is 5.34. The number of ether oxygens (including phenoxy) is 2. The molecule has 1 saturated heterocycles. The number of hydrogen-bond donors (Lipinski definition) is 0. The molecule has 2 heterocycles. The minimum absolute atomic E-state index is 0.0470. The number of aryl methyl sites for hydroxylation is 1. The zero-order valence-corrected chi connectivity index (χ0v) is 11.4. The maximum absolute atomic E-state index is 12.0. The summed E-state index contributed by atoms with van der Waals surface area (Å²) in [6, 6.07) is 0. The molecule has 1 aromatic rings. The highest BCUT2D eigenvalue weighted by molar-refractivity contribution is 7.15. The minimum Gasteiger partial charge on any atom is -0.376 e. The van der Waals surface area contributed by atoms with Crippen LogP contribution >= 0.6 is 11.3 Å². The fraction of sp³-hybridized carbons (Fsp3) is 0.727. The molecule has 1 aliphatic rings. The molecule has 18 heavy (non-hydrogen) atoms. The maximum Gasteiger partial charge on any atom is 0.254 e. The second kappa shape index (κ2) is 6.21. The quantitative estimate of drug-likeness (QED) is 0.799. The van der Waals surface area contributed by atoms with E-state index < -0.39 is 0 Å². The summed E-state index contributed by atoms with van der Waals surface area (Å²) in [6.45, 7) is 3.21. The van der Waals surface area contributed by atoms with Crippen molar-refractivity contribution in [2.45, 2.75) is 25.9 Å². The number of amides is 1. The molecule has 0 bridgehead atoms. The van der Waals surface area contributed by atoms with Crippen molar-refractivity contribution in [1.82, 2.24) is 10.2 Å². The molecule has 1 fully saturated rings. The summed E-state index contributed by atoms with van der Waals surface area (Å²) >= 11 is 1.41. The fourth-order valence-corrected chi connectivity index (χ4v) is 2.59. The lowest BCUT2D eigenvalue weighted by atomic mass is 10.2. The monoisotopic (exact) mass is 271 g/mol. The van der Waals surface area contributed by atoms with Gasteiger partial charge in [-0.3, -0.25) is 9.69 Å². The topological polar surface area (TPSA) is 64.5 Å². The molecule has 1 aromatic heterocycles. The van der Waals surface area contributed by atoms with Gasteiger partial charge in [-0.25, -0.2) is 0 Å². The molecule has 0 aliphatic carbocycles. The van der Waals surface area contributed by atoms with Crippen molar-refractivity contribution >= 4 is 22.4 Å². The maximum atomic E-state index is 12.0. The van der Waals surface area contributed by atoms with E-state index in [1.807, 2.05) is 6.92 Å². The third kappa shape index (κ3) is 3.24.